The Labute approximate surface area is 127 Å². The molecule has 0 bridgehead atoms. The van der Waals surface area contributed by atoms with Gasteiger partial charge in [-0.3, -0.25) is 9.88 Å². The first-order chi connectivity index (χ1) is 10.2. The molecule has 0 saturated heterocycles. The summed E-state index contributed by atoms with van der Waals surface area (Å²) in [5.41, 5.74) is 8.61. The molecule has 0 aliphatic carbocycles. The molecule has 0 amide bonds. The van der Waals surface area contributed by atoms with Gasteiger partial charge in [-0.15, -0.1) is 0 Å². The lowest BCUT2D eigenvalue weighted by atomic mass is 10.1. The highest BCUT2D eigenvalue weighted by atomic mass is 31.1. The zero-order chi connectivity index (χ0) is 15.1. The number of benzene rings is 2. The fraction of sp³-hybridized carbons (Fsp3) is 0.235. The van der Waals surface area contributed by atoms with E-state index in [1.54, 1.807) is 12.1 Å². The van der Waals surface area contributed by atoms with E-state index in [1.807, 2.05) is 12.1 Å². The van der Waals surface area contributed by atoms with Crippen LogP contribution < -0.4 is 16.1 Å². The smallest absolute Gasteiger partial charge is 0.150 e. The summed E-state index contributed by atoms with van der Waals surface area (Å²) in [5.74, 6) is 0. The lowest BCUT2D eigenvalue weighted by Crippen LogP contribution is -2.19. The van der Waals surface area contributed by atoms with Crippen molar-refractivity contribution >= 4 is 25.4 Å². The molecule has 110 valence electrons. The second-order valence-electron chi connectivity index (χ2n) is 4.99. The van der Waals surface area contributed by atoms with Gasteiger partial charge in [0.2, 0.25) is 0 Å². The van der Waals surface area contributed by atoms with Gasteiger partial charge in [0.05, 0.1) is 0 Å². The minimum Gasteiger partial charge on any atom is -0.399 e. The van der Waals surface area contributed by atoms with Crippen LogP contribution in [0.4, 0.5) is 5.69 Å². The van der Waals surface area contributed by atoms with Gasteiger partial charge in [-0.1, -0.05) is 30.3 Å². The Morgan fingerprint density at radius 2 is 1.95 bits per heavy atom. The van der Waals surface area contributed by atoms with Gasteiger partial charge in [-0.05, 0) is 57.9 Å². The molecule has 0 saturated carbocycles. The summed E-state index contributed by atoms with van der Waals surface area (Å²) in [6, 6.07) is 15.9. The fourth-order valence-electron chi connectivity index (χ4n) is 2.22. The Morgan fingerprint density at radius 1 is 1.19 bits per heavy atom. The lowest BCUT2D eigenvalue weighted by molar-refractivity contribution is 0.112. The third kappa shape index (κ3) is 4.66. The molecule has 21 heavy (non-hydrogen) atoms. The number of nitrogens with two attached hydrogens (primary N) is 1. The Hall–Kier alpha value is -1.70. The highest BCUT2D eigenvalue weighted by Gasteiger charge is 2.10. The normalized spacial score (nSPS) is 12.0. The van der Waals surface area contributed by atoms with Crippen LogP contribution in [0.1, 0.15) is 22.3 Å². The summed E-state index contributed by atoms with van der Waals surface area (Å²) in [5, 5.41) is 4.55. The zero-order valence-corrected chi connectivity index (χ0v) is 13.1. The van der Waals surface area contributed by atoms with Crippen molar-refractivity contribution in [2.75, 3.05) is 18.9 Å². The van der Waals surface area contributed by atoms with E-state index in [2.05, 4.69) is 36.0 Å². The van der Waals surface area contributed by atoms with Crippen LogP contribution in [0.3, 0.4) is 0 Å². The van der Waals surface area contributed by atoms with Crippen LogP contribution in [0, 0.1) is 0 Å². The average molecular weight is 300 g/mol. The maximum Gasteiger partial charge on any atom is 0.150 e. The quantitative estimate of drug-likeness (QED) is 0.358. The van der Waals surface area contributed by atoms with Crippen molar-refractivity contribution in [2.24, 2.45) is 0 Å². The van der Waals surface area contributed by atoms with E-state index in [0.29, 0.717) is 5.69 Å². The molecular formula is C17H21N2OP. The summed E-state index contributed by atoms with van der Waals surface area (Å²) in [6.07, 6.45) is 3.04. The Kier molecular flexibility index (Phi) is 5.91. The zero-order valence-electron chi connectivity index (χ0n) is 12.3. The number of carbonyl (C=O) groups is 1. The first-order valence-corrected chi connectivity index (χ1v) is 8.85. The van der Waals surface area contributed by atoms with Gasteiger partial charge in [-0.2, -0.15) is 0 Å². The molecule has 3 nitrogen and oxygen atoms in total. The molecule has 1 atom stereocenters. The van der Waals surface area contributed by atoms with Gasteiger partial charge >= 0.3 is 0 Å². The van der Waals surface area contributed by atoms with E-state index in [4.69, 9.17) is 5.73 Å². The second-order valence-corrected chi connectivity index (χ2v) is 6.91. The van der Waals surface area contributed by atoms with Crippen molar-refractivity contribution in [1.29, 1.82) is 0 Å². The van der Waals surface area contributed by atoms with E-state index in [0.717, 1.165) is 36.5 Å². The Morgan fingerprint density at radius 3 is 2.67 bits per heavy atom. The maximum absolute atomic E-state index is 11.1. The van der Waals surface area contributed by atoms with Gasteiger partial charge in [0.1, 0.15) is 0 Å². The first kappa shape index (κ1) is 15.7. The average Bonchev–Trinajstić information content (AvgIpc) is 2.52. The number of hydrogen-bond acceptors (Lipinski definition) is 3. The fourth-order valence-corrected chi connectivity index (χ4v) is 3.74. The topological polar surface area (TPSA) is 55.1 Å². The van der Waals surface area contributed by atoms with Crippen LogP contribution in [-0.4, -0.2) is 19.5 Å². The van der Waals surface area contributed by atoms with Crippen LogP contribution >= 0.6 is 8.07 Å². The van der Waals surface area contributed by atoms with Crippen LogP contribution in [0.5, 0.6) is 0 Å². The molecule has 2 rings (SSSR count). The number of hydrogen-bond donors (Lipinski definition) is 2. The van der Waals surface area contributed by atoms with Crippen molar-refractivity contribution in [3.8, 4) is 0 Å². The van der Waals surface area contributed by atoms with Crippen molar-refractivity contribution < 1.29 is 4.79 Å². The molecule has 2 aromatic rings. The van der Waals surface area contributed by atoms with Gasteiger partial charge < -0.3 is 5.73 Å². The van der Waals surface area contributed by atoms with Gasteiger partial charge in [-0.25, -0.2) is 0 Å². The van der Waals surface area contributed by atoms with Crippen LogP contribution in [0.2, 0.25) is 0 Å². The second kappa shape index (κ2) is 7.92. The number of anilines is 1. The Balaban J connectivity index is 1.86. The van der Waals surface area contributed by atoms with Crippen molar-refractivity contribution in [2.45, 2.75) is 12.8 Å². The molecule has 0 aliphatic rings. The highest BCUT2D eigenvalue weighted by molar-refractivity contribution is 7.63. The first-order valence-electron chi connectivity index (χ1n) is 7.06. The highest BCUT2D eigenvalue weighted by Crippen LogP contribution is 2.26. The molecule has 0 aromatic heterocycles. The van der Waals surface area contributed by atoms with Gasteiger partial charge in [0.25, 0.3) is 0 Å². The summed E-state index contributed by atoms with van der Waals surface area (Å²) in [4.78, 5) is 11.1. The van der Waals surface area contributed by atoms with Crippen molar-refractivity contribution in [3.63, 3.8) is 0 Å². The summed E-state index contributed by atoms with van der Waals surface area (Å²) < 4.78 is 0. The van der Waals surface area contributed by atoms with Crippen molar-refractivity contribution in [3.05, 3.63) is 59.7 Å². The monoisotopic (exact) mass is 300 g/mol. The predicted molar refractivity (Wildman–Crippen MR) is 91.5 cm³/mol. The standard InChI is InChI=1S/C17H21N2OP/c1-21(17-12-16(18)10-9-15(17)13-20)19-11-5-8-14-6-3-2-4-7-14/h2-4,6-7,9-10,12-13,19H,5,8,11,18H2,1H3. The molecule has 4 heteroatoms. The van der Waals surface area contributed by atoms with E-state index >= 15 is 0 Å². The largest absolute Gasteiger partial charge is 0.399 e. The number of nitrogen functional groups attached to an aromatic ring is 1. The number of aldehydes is 1. The van der Waals surface area contributed by atoms with Gasteiger partial charge in [0.15, 0.2) is 6.29 Å². The van der Waals surface area contributed by atoms with E-state index in [-0.39, 0.29) is 0 Å². The minimum atomic E-state index is -0.560. The molecule has 0 fully saturated rings. The third-order valence-corrected chi connectivity index (χ3v) is 5.18. The van der Waals surface area contributed by atoms with E-state index in [1.165, 1.54) is 5.56 Å². The molecule has 0 radical (unpaired) electrons. The number of rotatable bonds is 7. The summed E-state index contributed by atoms with van der Waals surface area (Å²) >= 11 is 0. The number of carbonyl (C=O) groups excluding carboxylic acids is 1. The predicted octanol–water partition coefficient (Wildman–Crippen LogP) is 2.96. The number of nitrogens with one attached hydrogen (secondary N) is 1. The van der Waals surface area contributed by atoms with E-state index in [9.17, 15) is 4.79 Å². The SMILES string of the molecule is CP(NCCCc1ccccc1)c1cc(N)ccc1C=O. The molecule has 0 aliphatic heterocycles. The molecular weight excluding hydrogens is 279 g/mol. The Bertz CT molecular complexity index is 587. The van der Waals surface area contributed by atoms with Gasteiger partial charge in [0, 0.05) is 16.6 Å². The minimum absolute atomic E-state index is 0.560. The van der Waals surface area contributed by atoms with Crippen LogP contribution in [-0.2, 0) is 6.42 Å². The maximum atomic E-state index is 11.1. The molecule has 0 heterocycles. The molecule has 1 unspecified atom stereocenters. The van der Waals surface area contributed by atoms with Crippen LogP contribution in [0.15, 0.2) is 48.5 Å². The van der Waals surface area contributed by atoms with Crippen molar-refractivity contribution in [1.82, 2.24) is 5.09 Å². The third-order valence-electron chi connectivity index (χ3n) is 3.38. The number of aryl methyl sites for hydroxylation is 1. The summed E-state index contributed by atoms with van der Waals surface area (Å²) in [7, 11) is -0.560. The van der Waals surface area contributed by atoms with E-state index < -0.39 is 8.07 Å². The molecule has 0 spiro atoms. The lowest BCUT2D eigenvalue weighted by Gasteiger charge is -2.16. The molecule has 2 aromatic carbocycles. The van der Waals surface area contributed by atoms with Crippen LogP contribution in [0.25, 0.3) is 0 Å². The summed E-state index contributed by atoms with van der Waals surface area (Å²) in [6.45, 7) is 3.06. The molecule has 3 N–H and O–H groups in total.